The van der Waals surface area contributed by atoms with Gasteiger partial charge in [-0.25, -0.2) is 0 Å². The number of hydrogen-bond donors (Lipinski definition) is 1. The fraction of sp³-hybridized carbons (Fsp3) is 0.385. The van der Waals surface area contributed by atoms with Crippen molar-refractivity contribution < 1.29 is 23.8 Å². The van der Waals surface area contributed by atoms with Crippen molar-refractivity contribution in [3.05, 3.63) is 59.7 Å². The molecule has 0 radical (unpaired) electrons. The highest BCUT2D eigenvalue weighted by Gasteiger charge is 2.60. The topological polar surface area (TPSA) is 73.9 Å². The summed E-state index contributed by atoms with van der Waals surface area (Å²) in [5, 5.41) is 3.11. The molecule has 2 bridgehead atoms. The SMILES string of the molecule is COc1ccc(OC)c(C=CC(=O)C2C(=O)NC34CCCCC3C2c2ccccc2O4)c1. The Morgan fingerprint density at radius 3 is 2.81 bits per heavy atom. The molecular weight excluding hydrogens is 406 g/mol. The maximum atomic E-state index is 13.5. The van der Waals surface area contributed by atoms with Crippen molar-refractivity contribution in [2.75, 3.05) is 14.2 Å². The zero-order valence-corrected chi connectivity index (χ0v) is 18.3. The van der Waals surface area contributed by atoms with Crippen molar-refractivity contribution in [3.8, 4) is 17.2 Å². The molecule has 4 unspecified atom stereocenters. The molecule has 1 saturated carbocycles. The van der Waals surface area contributed by atoms with E-state index in [1.165, 1.54) is 6.08 Å². The Morgan fingerprint density at radius 1 is 1.16 bits per heavy atom. The lowest BCUT2D eigenvalue weighted by Gasteiger charge is -2.56. The number of fused-ring (bicyclic) bond motifs is 2. The van der Waals surface area contributed by atoms with Crippen LogP contribution in [0.15, 0.2) is 48.5 Å². The summed E-state index contributed by atoms with van der Waals surface area (Å²) in [5.74, 6) is 0.694. The molecule has 1 saturated heterocycles. The highest BCUT2D eigenvalue weighted by Crippen LogP contribution is 2.55. The number of carbonyl (C=O) groups excluding carboxylic acids is 2. The largest absolute Gasteiger partial charge is 0.497 e. The number of rotatable bonds is 5. The van der Waals surface area contributed by atoms with E-state index >= 15 is 0 Å². The van der Waals surface area contributed by atoms with Crippen LogP contribution in [0.4, 0.5) is 0 Å². The monoisotopic (exact) mass is 433 g/mol. The zero-order valence-electron chi connectivity index (χ0n) is 18.3. The summed E-state index contributed by atoms with van der Waals surface area (Å²) in [6.45, 7) is 0. The van der Waals surface area contributed by atoms with Crippen LogP contribution in [0.1, 0.15) is 42.7 Å². The fourth-order valence-corrected chi connectivity index (χ4v) is 5.62. The van der Waals surface area contributed by atoms with Gasteiger partial charge in [0.2, 0.25) is 5.91 Å². The molecular formula is C26H27NO5. The third kappa shape index (κ3) is 3.25. The molecule has 2 fully saturated rings. The Balaban J connectivity index is 1.52. The van der Waals surface area contributed by atoms with Gasteiger partial charge in [-0.15, -0.1) is 0 Å². The van der Waals surface area contributed by atoms with E-state index in [1.807, 2.05) is 24.3 Å². The summed E-state index contributed by atoms with van der Waals surface area (Å²) in [7, 11) is 3.17. The highest BCUT2D eigenvalue weighted by molar-refractivity contribution is 6.10. The van der Waals surface area contributed by atoms with Crippen LogP contribution < -0.4 is 19.5 Å². The van der Waals surface area contributed by atoms with Gasteiger partial charge in [0.25, 0.3) is 0 Å². The minimum Gasteiger partial charge on any atom is -0.497 e. The Labute approximate surface area is 187 Å². The average Bonchev–Trinajstić information content (AvgIpc) is 2.81. The number of nitrogens with one attached hydrogen (secondary N) is 1. The first-order chi connectivity index (χ1) is 15.6. The molecule has 1 aliphatic carbocycles. The standard InChI is InChI=1S/C26H27NO5/c1-30-17-11-13-21(31-2)16(15-17)10-12-20(28)24-23-18-7-3-4-9-22(18)32-26(27-25(24)29)14-6-5-8-19(23)26/h3-4,7,9-13,15,19,23-24H,5-6,8,14H2,1-2H3,(H,27,29). The first-order valence-corrected chi connectivity index (χ1v) is 11.1. The fourth-order valence-electron chi connectivity index (χ4n) is 5.62. The van der Waals surface area contributed by atoms with Gasteiger partial charge in [0, 0.05) is 23.8 Å². The molecule has 5 rings (SSSR count). The molecule has 2 heterocycles. The van der Waals surface area contributed by atoms with E-state index in [4.69, 9.17) is 14.2 Å². The molecule has 0 aromatic heterocycles. The molecule has 4 atom stereocenters. The Hall–Kier alpha value is -3.28. The minimum absolute atomic E-state index is 0.0811. The Bertz CT molecular complexity index is 1090. The van der Waals surface area contributed by atoms with Crippen molar-refractivity contribution in [2.45, 2.75) is 37.3 Å². The molecule has 6 heteroatoms. The molecule has 6 nitrogen and oxygen atoms in total. The lowest BCUT2D eigenvalue weighted by Crippen LogP contribution is -2.69. The number of benzene rings is 2. The predicted octanol–water partition coefficient (Wildman–Crippen LogP) is 4.09. The smallest absolute Gasteiger partial charge is 0.234 e. The highest BCUT2D eigenvalue weighted by atomic mass is 16.5. The van der Waals surface area contributed by atoms with Gasteiger partial charge in [0.15, 0.2) is 11.5 Å². The van der Waals surface area contributed by atoms with Crippen molar-refractivity contribution >= 4 is 17.8 Å². The van der Waals surface area contributed by atoms with E-state index in [-0.39, 0.29) is 23.5 Å². The van der Waals surface area contributed by atoms with E-state index in [0.29, 0.717) is 11.5 Å². The van der Waals surface area contributed by atoms with Gasteiger partial charge in [0.05, 0.1) is 14.2 Å². The van der Waals surface area contributed by atoms with E-state index in [2.05, 4.69) is 5.32 Å². The quantitative estimate of drug-likeness (QED) is 0.568. The lowest BCUT2D eigenvalue weighted by atomic mass is 9.61. The minimum atomic E-state index is -0.788. The first-order valence-electron chi connectivity index (χ1n) is 11.1. The molecule has 2 aromatic rings. The first kappa shape index (κ1) is 20.6. The number of allylic oxidation sites excluding steroid dienone is 1. The molecule has 2 aliphatic heterocycles. The number of carbonyl (C=O) groups is 2. The third-order valence-electron chi connectivity index (χ3n) is 7.06. The maximum Gasteiger partial charge on any atom is 0.234 e. The molecule has 32 heavy (non-hydrogen) atoms. The second kappa shape index (κ2) is 8.01. The summed E-state index contributed by atoms with van der Waals surface area (Å²) in [6.07, 6.45) is 6.96. The van der Waals surface area contributed by atoms with Crippen LogP contribution in [-0.4, -0.2) is 31.6 Å². The van der Waals surface area contributed by atoms with Gasteiger partial charge in [-0.2, -0.15) is 0 Å². The second-order valence-electron chi connectivity index (χ2n) is 8.72. The van der Waals surface area contributed by atoms with Crippen LogP contribution in [0.3, 0.4) is 0 Å². The van der Waals surface area contributed by atoms with E-state index in [0.717, 1.165) is 42.6 Å². The number of ketones is 1. The van der Waals surface area contributed by atoms with E-state index in [9.17, 15) is 9.59 Å². The van der Waals surface area contributed by atoms with Crippen LogP contribution in [0.5, 0.6) is 17.2 Å². The van der Waals surface area contributed by atoms with Gasteiger partial charge in [-0.05, 0) is 54.8 Å². The molecule has 3 aliphatic rings. The lowest BCUT2D eigenvalue weighted by molar-refractivity contribution is -0.160. The number of amides is 1. The number of piperidine rings is 1. The summed E-state index contributed by atoms with van der Waals surface area (Å²) < 4.78 is 17.1. The number of hydrogen-bond acceptors (Lipinski definition) is 5. The van der Waals surface area contributed by atoms with Gasteiger partial charge in [0.1, 0.15) is 23.2 Å². The molecule has 1 N–H and O–H groups in total. The normalized spacial score (nSPS) is 28.2. The van der Waals surface area contributed by atoms with Gasteiger partial charge < -0.3 is 19.5 Å². The van der Waals surface area contributed by atoms with E-state index in [1.54, 1.807) is 38.5 Å². The molecule has 2 aromatic carbocycles. The zero-order chi connectivity index (χ0) is 22.3. The maximum absolute atomic E-state index is 13.5. The van der Waals surface area contributed by atoms with Crippen molar-refractivity contribution in [1.82, 2.24) is 5.32 Å². The average molecular weight is 434 g/mol. The van der Waals surface area contributed by atoms with Gasteiger partial charge in [-0.1, -0.05) is 24.6 Å². The van der Waals surface area contributed by atoms with Crippen molar-refractivity contribution in [2.24, 2.45) is 11.8 Å². The second-order valence-corrected chi connectivity index (χ2v) is 8.72. The van der Waals surface area contributed by atoms with Crippen molar-refractivity contribution in [3.63, 3.8) is 0 Å². The van der Waals surface area contributed by atoms with Crippen LogP contribution in [0.2, 0.25) is 0 Å². The third-order valence-corrected chi connectivity index (χ3v) is 7.06. The molecule has 166 valence electrons. The number of methoxy groups -OCH3 is 2. The molecule has 0 spiro atoms. The van der Waals surface area contributed by atoms with Crippen LogP contribution in [-0.2, 0) is 9.59 Å². The number of para-hydroxylation sites is 1. The number of ether oxygens (including phenoxy) is 3. The Morgan fingerprint density at radius 2 is 2.00 bits per heavy atom. The van der Waals surface area contributed by atoms with Crippen molar-refractivity contribution in [1.29, 1.82) is 0 Å². The van der Waals surface area contributed by atoms with E-state index < -0.39 is 11.6 Å². The van der Waals surface area contributed by atoms with Crippen LogP contribution >= 0.6 is 0 Å². The molecule has 1 amide bonds. The van der Waals surface area contributed by atoms with Crippen LogP contribution in [0, 0.1) is 11.8 Å². The summed E-state index contributed by atoms with van der Waals surface area (Å²) in [6, 6.07) is 13.2. The summed E-state index contributed by atoms with van der Waals surface area (Å²) in [4.78, 5) is 26.7. The Kier molecular flexibility index (Phi) is 5.16. The summed E-state index contributed by atoms with van der Waals surface area (Å²) in [5.41, 5.74) is 0.969. The summed E-state index contributed by atoms with van der Waals surface area (Å²) >= 11 is 0. The van der Waals surface area contributed by atoms with Gasteiger partial charge in [-0.3, -0.25) is 9.59 Å². The van der Waals surface area contributed by atoms with Crippen LogP contribution in [0.25, 0.3) is 6.08 Å². The predicted molar refractivity (Wildman–Crippen MR) is 120 cm³/mol. The van der Waals surface area contributed by atoms with Gasteiger partial charge >= 0.3 is 0 Å².